The van der Waals surface area contributed by atoms with Crippen molar-refractivity contribution in [3.63, 3.8) is 0 Å². The lowest BCUT2D eigenvalue weighted by molar-refractivity contribution is 0.285. The number of thiocarbonyl (C=S) groups is 1. The fourth-order valence-corrected chi connectivity index (χ4v) is 2.44. The third kappa shape index (κ3) is 5.37. The molecule has 3 nitrogen and oxygen atoms in total. The van der Waals surface area contributed by atoms with Crippen LogP contribution >= 0.6 is 23.8 Å². The minimum atomic E-state index is -0.462. The van der Waals surface area contributed by atoms with E-state index >= 15 is 0 Å². The summed E-state index contributed by atoms with van der Waals surface area (Å²) in [5.74, 6) is 0.390. The number of para-hydroxylation sites is 1. The molecule has 0 aliphatic heterocycles. The molecule has 1 atom stereocenters. The number of halogens is 2. The Balaban J connectivity index is 1.82. The molecule has 23 heavy (non-hydrogen) atoms. The highest BCUT2D eigenvalue weighted by Gasteiger charge is 2.08. The van der Waals surface area contributed by atoms with E-state index < -0.39 is 5.82 Å². The zero-order valence-corrected chi connectivity index (χ0v) is 14.5. The first-order valence-corrected chi connectivity index (χ1v) is 7.95. The maximum absolute atomic E-state index is 13.1. The Morgan fingerprint density at radius 2 is 2.04 bits per heavy atom. The Morgan fingerprint density at radius 3 is 2.74 bits per heavy atom. The Morgan fingerprint density at radius 1 is 1.30 bits per heavy atom. The number of aryl methyl sites for hydroxylation is 1. The van der Waals surface area contributed by atoms with Crippen molar-refractivity contribution < 1.29 is 9.13 Å². The van der Waals surface area contributed by atoms with Crippen LogP contribution in [0.1, 0.15) is 12.5 Å². The first-order chi connectivity index (χ1) is 11.0. The first-order valence-electron chi connectivity index (χ1n) is 7.16. The van der Waals surface area contributed by atoms with E-state index in [1.807, 2.05) is 38.1 Å². The zero-order chi connectivity index (χ0) is 16.8. The van der Waals surface area contributed by atoms with Gasteiger partial charge in [-0.15, -0.1) is 0 Å². The number of benzene rings is 2. The van der Waals surface area contributed by atoms with Gasteiger partial charge in [-0.2, -0.15) is 0 Å². The predicted octanol–water partition coefficient (Wildman–Crippen LogP) is 4.54. The van der Waals surface area contributed by atoms with Gasteiger partial charge in [0.15, 0.2) is 5.11 Å². The van der Waals surface area contributed by atoms with Gasteiger partial charge in [0.05, 0.1) is 11.1 Å². The number of ether oxygens (including phenoxy) is 1. The Bertz CT molecular complexity index is 696. The molecular formula is C17H18ClFN2OS. The van der Waals surface area contributed by atoms with E-state index in [0.29, 0.717) is 17.4 Å². The molecule has 2 N–H and O–H groups in total. The molecule has 0 saturated carbocycles. The lowest BCUT2D eigenvalue weighted by atomic mass is 10.2. The molecule has 0 aromatic heterocycles. The summed E-state index contributed by atoms with van der Waals surface area (Å²) in [6, 6.07) is 12.2. The Hall–Kier alpha value is -1.85. The van der Waals surface area contributed by atoms with Crippen LogP contribution in [0, 0.1) is 12.7 Å². The van der Waals surface area contributed by atoms with Crippen LogP contribution in [-0.2, 0) is 0 Å². The van der Waals surface area contributed by atoms with Gasteiger partial charge in [-0.05, 0) is 55.9 Å². The molecule has 1 unspecified atom stereocenters. The second-order valence-electron chi connectivity index (χ2n) is 5.20. The van der Waals surface area contributed by atoms with Gasteiger partial charge in [-0.25, -0.2) is 4.39 Å². The molecule has 0 heterocycles. The highest BCUT2D eigenvalue weighted by Crippen LogP contribution is 2.19. The summed E-state index contributed by atoms with van der Waals surface area (Å²) < 4.78 is 18.9. The molecular weight excluding hydrogens is 335 g/mol. The van der Waals surface area contributed by atoms with Crippen molar-refractivity contribution in [1.29, 1.82) is 0 Å². The van der Waals surface area contributed by atoms with Gasteiger partial charge in [0.25, 0.3) is 0 Å². The van der Waals surface area contributed by atoms with Gasteiger partial charge in [-0.1, -0.05) is 29.8 Å². The van der Waals surface area contributed by atoms with Crippen LogP contribution < -0.4 is 15.4 Å². The van der Waals surface area contributed by atoms with Crippen molar-refractivity contribution in [2.24, 2.45) is 0 Å². The standard InChI is InChI=1S/C17H18ClFN2OS/c1-11-5-3-4-6-16(11)22-10-12(2)20-17(23)21-13-7-8-15(19)14(18)9-13/h3-9,12H,10H2,1-2H3,(H2,20,21,23). The molecule has 2 rings (SSSR count). The van der Waals surface area contributed by atoms with Crippen LogP contribution in [0.4, 0.5) is 10.1 Å². The van der Waals surface area contributed by atoms with Crippen LogP contribution in [0.2, 0.25) is 5.02 Å². The molecule has 0 saturated heterocycles. The molecule has 0 aliphatic rings. The monoisotopic (exact) mass is 352 g/mol. The maximum Gasteiger partial charge on any atom is 0.171 e. The van der Waals surface area contributed by atoms with E-state index in [1.165, 1.54) is 12.1 Å². The van der Waals surface area contributed by atoms with Gasteiger partial charge >= 0.3 is 0 Å². The first kappa shape index (κ1) is 17.5. The van der Waals surface area contributed by atoms with Gasteiger partial charge in [0, 0.05) is 5.69 Å². The summed E-state index contributed by atoms with van der Waals surface area (Å²) in [5, 5.41) is 6.55. The largest absolute Gasteiger partial charge is 0.491 e. The SMILES string of the molecule is Cc1ccccc1OCC(C)NC(=S)Nc1ccc(F)c(Cl)c1. The molecule has 2 aromatic carbocycles. The van der Waals surface area contributed by atoms with E-state index in [0.717, 1.165) is 11.3 Å². The summed E-state index contributed by atoms with van der Waals surface area (Å²) in [5.41, 5.74) is 1.71. The third-order valence-electron chi connectivity index (χ3n) is 3.14. The fourth-order valence-electron chi connectivity index (χ4n) is 1.94. The van der Waals surface area contributed by atoms with Crippen molar-refractivity contribution in [3.8, 4) is 5.75 Å². The van der Waals surface area contributed by atoms with Crippen LogP contribution in [0.5, 0.6) is 5.75 Å². The normalized spacial score (nSPS) is 11.7. The Kier molecular flexibility index (Phi) is 6.19. The average Bonchev–Trinajstić information content (AvgIpc) is 2.50. The highest BCUT2D eigenvalue weighted by molar-refractivity contribution is 7.80. The van der Waals surface area contributed by atoms with Crippen molar-refractivity contribution in [3.05, 3.63) is 58.9 Å². The number of anilines is 1. The molecule has 0 radical (unpaired) electrons. The van der Waals surface area contributed by atoms with E-state index in [2.05, 4.69) is 10.6 Å². The summed E-state index contributed by atoms with van der Waals surface area (Å²) >= 11 is 11.0. The third-order valence-corrected chi connectivity index (χ3v) is 3.65. The number of nitrogens with one attached hydrogen (secondary N) is 2. The Labute approximate surface area is 145 Å². The molecule has 0 spiro atoms. The topological polar surface area (TPSA) is 33.3 Å². The lowest BCUT2D eigenvalue weighted by Gasteiger charge is -2.18. The summed E-state index contributed by atoms with van der Waals surface area (Å²) in [4.78, 5) is 0. The number of hydrogen-bond donors (Lipinski definition) is 2. The molecule has 122 valence electrons. The van der Waals surface area contributed by atoms with Gasteiger partial charge in [0.2, 0.25) is 0 Å². The van der Waals surface area contributed by atoms with Crippen molar-refractivity contribution in [2.45, 2.75) is 19.9 Å². The molecule has 2 aromatic rings. The van der Waals surface area contributed by atoms with Crippen molar-refractivity contribution in [2.75, 3.05) is 11.9 Å². The smallest absolute Gasteiger partial charge is 0.171 e. The zero-order valence-electron chi connectivity index (χ0n) is 12.9. The van der Waals surface area contributed by atoms with Crippen molar-refractivity contribution in [1.82, 2.24) is 5.32 Å². The molecule has 0 aliphatic carbocycles. The minimum absolute atomic E-state index is 0.00512. The molecule has 0 amide bonds. The fraction of sp³-hybridized carbons (Fsp3) is 0.235. The van der Waals surface area contributed by atoms with E-state index in [9.17, 15) is 4.39 Å². The minimum Gasteiger partial charge on any atom is -0.491 e. The summed E-state index contributed by atoms with van der Waals surface area (Å²) in [7, 11) is 0. The highest BCUT2D eigenvalue weighted by atomic mass is 35.5. The molecule has 6 heteroatoms. The van der Waals surface area contributed by atoms with Crippen LogP contribution in [0.3, 0.4) is 0 Å². The van der Waals surface area contributed by atoms with Gasteiger partial charge < -0.3 is 15.4 Å². The average molecular weight is 353 g/mol. The predicted molar refractivity (Wildman–Crippen MR) is 96.9 cm³/mol. The van der Waals surface area contributed by atoms with E-state index in [1.54, 1.807) is 6.07 Å². The summed E-state index contributed by atoms with van der Waals surface area (Å²) in [6.07, 6.45) is 0. The van der Waals surface area contributed by atoms with Crippen LogP contribution in [-0.4, -0.2) is 17.8 Å². The molecule has 0 fully saturated rings. The van der Waals surface area contributed by atoms with Crippen molar-refractivity contribution >= 4 is 34.6 Å². The van der Waals surface area contributed by atoms with Crippen LogP contribution in [0.25, 0.3) is 0 Å². The second-order valence-corrected chi connectivity index (χ2v) is 6.02. The number of hydrogen-bond acceptors (Lipinski definition) is 2. The van der Waals surface area contributed by atoms with Gasteiger partial charge in [0.1, 0.15) is 18.2 Å². The maximum atomic E-state index is 13.1. The lowest BCUT2D eigenvalue weighted by Crippen LogP contribution is -2.39. The van der Waals surface area contributed by atoms with Crippen LogP contribution in [0.15, 0.2) is 42.5 Å². The molecule has 0 bridgehead atoms. The number of rotatable bonds is 5. The van der Waals surface area contributed by atoms with E-state index in [-0.39, 0.29) is 11.1 Å². The van der Waals surface area contributed by atoms with Gasteiger partial charge in [-0.3, -0.25) is 0 Å². The quantitative estimate of drug-likeness (QED) is 0.774. The second kappa shape index (κ2) is 8.13. The van der Waals surface area contributed by atoms with E-state index in [4.69, 9.17) is 28.6 Å². The summed E-state index contributed by atoms with van der Waals surface area (Å²) in [6.45, 7) is 4.43.